The van der Waals surface area contributed by atoms with Gasteiger partial charge in [0.1, 0.15) is 12.1 Å². The number of nitrogen functional groups attached to an aromatic ring is 1. The van der Waals surface area contributed by atoms with Crippen LogP contribution in [0.15, 0.2) is 61.2 Å². The van der Waals surface area contributed by atoms with Crippen LogP contribution in [0.2, 0.25) is 5.02 Å². The van der Waals surface area contributed by atoms with Crippen molar-refractivity contribution < 1.29 is 4.74 Å². The number of rotatable bonds is 5. The first-order valence-electron chi connectivity index (χ1n) is 8.13. The molecule has 6 nitrogen and oxygen atoms in total. The van der Waals surface area contributed by atoms with Crippen LogP contribution in [0.5, 0.6) is 5.75 Å². The SMILES string of the molecule is Nc1c(Cl)ccc2nc(-n3ccnc3)nc(CCOc3ccccc3)c12. The predicted octanol–water partition coefficient (Wildman–Crippen LogP) is 3.67. The lowest BCUT2D eigenvalue weighted by molar-refractivity contribution is 0.321. The number of anilines is 1. The van der Waals surface area contributed by atoms with E-state index in [-0.39, 0.29) is 0 Å². The van der Waals surface area contributed by atoms with E-state index < -0.39 is 0 Å². The molecule has 0 saturated carbocycles. The number of hydrogen-bond donors (Lipinski definition) is 1. The molecule has 2 aromatic carbocycles. The summed E-state index contributed by atoms with van der Waals surface area (Å²) in [6.45, 7) is 0.464. The molecule has 0 spiro atoms. The van der Waals surface area contributed by atoms with E-state index >= 15 is 0 Å². The van der Waals surface area contributed by atoms with Crippen molar-refractivity contribution in [1.29, 1.82) is 0 Å². The summed E-state index contributed by atoms with van der Waals surface area (Å²) in [7, 11) is 0. The highest BCUT2D eigenvalue weighted by atomic mass is 35.5. The van der Waals surface area contributed by atoms with Crippen LogP contribution in [0, 0.1) is 0 Å². The third-order valence-electron chi connectivity index (χ3n) is 4.00. The van der Waals surface area contributed by atoms with Crippen LogP contribution in [0.4, 0.5) is 5.69 Å². The Hall–Kier alpha value is -3.12. The van der Waals surface area contributed by atoms with E-state index in [1.807, 2.05) is 36.4 Å². The summed E-state index contributed by atoms with van der Waals surface area (Å²) in [5, 5.41) is 1.25. The van der Waals surface area contributed by atoms with Crippen molar-refractivity contribution in [1.82, 2.24) is 19.5 Å². The van der Waals surface area contributed by atoms with Gasteiger partial charge in [0.15, 0.2) is 0 Å². The van der Waals surface area contributed by atoms with Gasteiger partial charge in [0.25, 0.3) is 0 Å². The normalized spacial score (nSPS) is 11.0. The zero-order valence-corrected chi connectivity index (χ0v) is 14.6. The summed E-state index contributed by atoms with van der Waals surface area (Å²) >= 11 is 6.20. The molecule has 0 fully saturated rings. The molecule has 2 heterocycles. The van der Waals surface area contributed by atoms with Crippen LogP contribution in [-0.4, -0.2) is 26.1 Å². The lowest BCUT2D eigenvalue weighted by Crippen LogP contribution is -2.09. The summed E-state index contributed by atoms with van der Waals surface area (Å²) in [4.78, 5) is 13.3. The third-order valence-corrected chi connectivity index (χ3v) is 4.33. The van der Waals surface area contributed by atoms with E-state index in [4.69, 9.17) is 22.1 Å². The molecular weight excluding hydrogens is 350 g/mol. The fourth-order valence-electron chi connectivity index (χ4n) is 2.74. The molecule has 0 atom stereocenters. The molecule has 4 aromatic rings. The first-order chi connectivity index (χ1) is 12.7. The minimum atomic E-state index is 0.464. The van der Waals surface area contributed by atoms with Crippen LogP contribution in [0.1, 0.15) is 5.69 Å². The van der Waals surface area contributed by atoms with Gasteiger partial charge in [-0.3, -0.25) is 4.57 Å². The zero-order valence-electron chi connectivity index (χ0n) is 13.8. The van der Waals surface area contributed by atoms with Gasteiger partial charge < -0.3 is 10.5 Å². The summed E-state index contributed by atoms with van der Waals surface area (Å²) in [5.41, 5.74) is 8.20. The van der Waals surface area contributed by atoms with E-state index in [0.717, 1.165) is 22.3 Å². The van der Waals surface area contributed by atoms with Gasteiger partial charge in [-0.1, -0.05) is 29.8 Å². The Bertz CT molecular complexity index is 1030. The fraction of sp³-hybridized carbons (Fsp3) is 0.105. The minimum absolute atomic E-state index is 0.464. The minimum Gasteiger partial charge on any atom is -0.493 e. The average Bonchev–Trinajstić information content (AvgIpc) is 3.20. The van der Waals surface area contributed by atoms with Gasteiger partial charge in [0, 0.05) is 24.2 Å². The van der Waals surface area contributed by atoms with Crippen molar-refractivity contribution in [2.75, 3.05) is 12.3 Å². The molecule has 130 valence electrons. The number of aromatic nitrogens is 4. The average molecular weight is 366 g/mol. The Labute approximate surface area is 155 Å². The fourth-order valence-corrected chi connectivity index (χ4v) is 2.90. The number of halogens is 1. The quantitative estimate of drug-likeness (QED) is 0.546. The van der Waals surface area contributed by atoms with Gasteiger partial charge in [0.2, 0.25) is 5.95 Å². The van der Waals surface area contributed by atoms with Crippen LogP contribution in [0.3, 0.4) is 0 Å². The van der Waals surface area contributed by atoms with Crippen LogP contribution < -0.4 is 10.5 Å². The molecule has 0 unspecified atom stereocenters. The van der Waals surface area contributed by atoms with Gasteiger partial charge in [0.05, 0.1) is 28.5 Å². The highest BCUT2D eigenvalue weighted by Gasteiger charge is 2.14. The molecule has 0 amide bonds. The lowest BCUT2D eigenvalue weighted by atomic mass is 10.1. The molecule has 4 rings (SSSR count). The van der Waals surface area contributed by atoms with Gasteiger partial charge in [-0.15, -0.1) is 0 Å². The highest BCUT2D eigenvalue weighted by Crippen LogP contribution is 2.30. The number of para-hydroxylation sites is 1. The van der Waals surface area contributed by atoms with Gasteiger partial charge >= 0.3 is 0 Å². The molecule has 0 aliphatic rings. The molecule has 26 heavy (non-hydrogen) atoms. The maximum atomic E-state index is 6.20. The molecule has 2 aromatic heterocycles. The molecule has 0 saturated heterocycles. The Morgan fingerprint density at radius 3 is 2.69 bits per heavy atom. The highest BCUT2D eigenvalue weighted by molar-refractivity contribution is 6.34. The number of benzene rings is 2. The molecule has 0 aliphatic carbocycles. The second-order valence-electron chi connectivity index (χ2n) is 5.71. The van der Waals surface area contributed by atoms with Crippen molar-refractivity contribution in [3.05, 3.63) is 71.9 Å². The Morgan fingerprint density at radius 1 is 1.08 bits per heavy atom. The zero-order chi connectivity index (χ0) is 17.9. The second kappa shape index (κ2) is 7.01. The summed E-state index contributed by atoms with van der Waals surface area (Å²) in [6.07, 6.45) is 5.71. The topological polar surface area (TPSA) is 78.9 Å². The molecule has 2 N–H and O–H groups in total. The first kappa shape index (κ1) is 16.4. The van der Waals surface area contributed by atoms with Crippen LogP contribution in [0.25, 0.3) is 16.9 Å². The van der Waals surface area contributed by atoms with E-state index in [1.165, 1.54) is 0 Å². The summed E-state index contributed by atoms with van der Waals surface area (Å²) in [5.74, 6) is 1.35. The Balaban J connectivity index is 1.71. The Kier molecular flexibility index (Phi) is 4.41. The number of ether oxygens (including phenoxy) is 1. The van der Waals surface area contributed by atoms with Gasteiger partial charge in [-0.2, -0.15) is 0 Å². The van der Waals surface area contributed by atoms with Gasteiger partial charge in [-0.25, -0.2) is 15.0 Å². The van der Waals surface area contributed by atoms with E-state index in [1.54, 1.807) is 29.4 Å². The molecular formula is C19H16ClN5O. The van der Waals surface area contributed by atoms with Crippen molar-refractivity contribution in [2.45, 2.75) is 6.42 Å². The number of nitrogens with two attached hydrogens (primary N) is 1. The first-order valence-corrected chi connectivity index (χ1v) is 8.51. The van der Waals surface area contributed by atoms with Crippen molar-refractivity contribution in [3.8, 4) is 11.7 Å². The van der Waals surface area contributed by atoms with E-state index in [0.29, 0.717) is 29.7 Å². The van der Waals surface area contributed by atoms with Crippen molar-refractivity contribution in [3.63, 3.8) is 0 Å². The van der Waals surface area contributed by atoms with Gasteiger partial charge in [-0.05, 0) is 24.3 Å². The van der Waals surface area contributed by atoms with E-state index in [2.05, 4.69) is 15.0 Å². The standard InChI is InChI=1S/C19H16ClN5O/c20-14-6-7-15-17(18(14)21)16(8-11-26-13-4-2-1-3-5-13)24-19(23-15)25-10-9-22-12-25/h1-7,9-10,12H,8,11,21H2. The van der Waals surface area contributed by atoms with E-state index in [9.17, 15) is 0 Å². The molecule has 0 aliphatic heterocycles. The number of imidazole rings is 1. The summed E-state index contributed by atoms with van der Waals surface area (Å²) in [6, 6.07) is 13.2. The predicted molar refractivity (Wildman–Crippen MR) is 102 cm³/mol. The van der Waals surface area contributed by atoms with Crippen LogP contribution in [-0.2, 0) is 6.42 Å². The lowest BCUT2D eigenvalue weighted by Gasteiger charge is -2.12. The molecule has 0 bridgehead atoms. The van der Waals surface area contributed by atoms with Crippen molar-refractivity contribution >= 4 is 28.2 Å². The third kappa shape index (κ3) is 3.19. The number of nitrogens with zero attached hydrogens (tertiary/aromatic N) is 4. The largest absolute Gasteiger partial charge is 0.493 e. The number of fused-ring (bicyclic) bond motifs is 1. The second-order valence-corrected chi connectivity index (χ2v) is 6.11. The maximum Gasteiger partial charge on any atom is 0.235 e. The number of hydrogen-bond acceptors (Lipinski definition) is 5. The van der Waals surface area contributed by atoms with Crippen LogP contribution >= 0.6 is 11.6 Å². The smallest absolute Gasteiger partial charge is 0.235 e. The van der Waals surface area contributed by atoms with Crippen molar-refractivity contribution in [2.24, 2.45) is 0 Å². The monoisotopic (exact) mass is 365 g/mol. The molecule has 0 radical (unpaired) electrons. The Morgan fingerprint density at radius 2 is 1.92 bits per heavy atom. The molecule has 7 heteroatoms. The maximum absolute atomic E-state index is 6.20. The summed E-state index contributed by atoms with van der Waals surface area (Å²) < 4.78 is 7.56.